The minimum atomic E-state index is -14.3. The third kappa shape index (κ3) is 4.45. The van der Waals surface area contributed by atoms with Gasteiger partial charge < -0.3 is 4.90 Å². The second kappa shape index (κ2) is 9.65. The van der Waals surface area contributed by atoms with E-state index in [1.54, 1.807) is 0 Å². The van der Waals surface area contributed by atoms with Crippen molar-refractivity contribution >= 4 is 12.5 Å². The Labute approximate surface area is 212 Å². The standard InChI is InChI=1S/C12H5F17OP.C7H10N2/c13-7(14,15)10(22,23)31(28,29,11(24,25)8(16,17)18,12(26,27)9(19,20)21)30-6-4-2-1-3-5-6;1-9(2)7-3-5-8-6-4-7/h1-5H;3-6H,1-2H3/q-1;/p+1. The van der Waals surface area contributed by atoms with Gasteiger partial charge in [-0.15, -0.1) is 0 Å². The molecule has 2 rings (SSSR count). The molecule has 1 N–H and O–H groups in total. The van der Waals surface area contributed by atoms with Crippen LogP contribution in [0.2, 0.25) is 0 Å². The molecule has 40 heavy (non-hydrogen) atoms. The van der Waals surface area contributed by atoms with E-state index >= 15 is 8.39 Å². The summed E-state index contributed by atoms with van der Waals surface area (Å²) < 4.78 is 230. The molecule has 0 aliphatic heterocycles. The number of aromatic amines is 1. The fourth-order valence-corrected chi connectivity index (χ4v) is 6.57. The van der Waals surface area contributed by atoms with Gasteiger partial charge >= 0.3 is 157 Å². The molecular formula is C19H16F17N2OP. The van der Waals surface area contributed by atoms with E-state index in [1.165, 1.54) is 5.69 Å². The molecule has 0 radical (unpaired) electrons. The third-order valence-electron chi connectivity index (χ3n) is 5.12. The summed E-state index contributed by atoms with van der Waals surface area (Å²) in [6.45, 7) is -14.3. The van der Waals surface area contributed by atoms with Gasteiger partial charge in [0.05, 0.1) is 0 Å². The quantitative estimate of drug-likeness (QED) is 0.233. The van der Waals surface area contributed by atoms with Crippen molar-refractivity contribution in [2.45, 2.75) is 35.5 Å². The number of halogens is 17. The van der Waals surface area contributed by atoms with Gasteiger partial charge in [0, 0.05) is 31.9 Å². The minimum absolute atomic E-state index is 0.198. The molecule has 0 saturated carbocycles. The van der Waals surface area contributed by atoms with E-state index in [0.717, 1.165) is 0 Å². The van der Waals surface area contributed by atoms with Crippen molar-refractivity contribution in [2.24, 2.45) is 0 Å². The second-order valence-electron chi connectivity index (χ2n) is 7.99. The van der Waals surface area contributed by atoms with E-state index in [0.29, 0.717) is 6.07 Å². The van der Waals surface area contributed by atoms with Crippen molar-refractivity contribution in [3.05, 3.63) is 54.9 Å². The molecule has 2 aromatic rings. The van der Waals surface area contributed by atoms with Crippen LogP contribution >= 0.6 is 6.79 Å². The van der Waals surface area contributed by atoms with E-state index in [-0.39, 0.29) is 12.1 Å². The van der Waals surface area contributed by atoms with Crippen molar-refractivity contribution in [2.75, 3.05) is 19.0 Å². The van der Waals surface area contributed by atoms with E-state index in [4.69, 9.17) is 0 Å². The monoisotopic (exact) mass is 642 g/mol. The maximum absolute atomic E-state index is 15.2. The van der Waals surface area contributed by atoms with Crippen LogP contribution in [0.15, 0.2) is 54.9 Å². The van der Waals surface area contributed by atoms with Crippen LogP contribution in [0.5, 0.6) is 5.75 Å². The van der Waals surface area contributed by atoms with Crippen LogP contribution in [-0.2, 0) is 0 Å². The number of H-pyrrole nitrogens is 1. The molecule has 3 nitrogen and oxygen atoms in total. The van der Waals surface area contributed by atoms with E-state index in [2.05, 4.69) is 14.4 Å². The first-order valence-electron chi connectivity index (χ1n) is 9.83. The molecule has 0 unspecified atom stereocenters. The number of hydrogen-bond donors (Lipinski definition) is 0. The van der Waals surface area contributed by atoms with Crippen LogP contribution in [-0.4, -0.2) is 49.6 Å². The number of para-hydroxylation sites is 1. The van der Waals surface area contributed by atoms with E-state index < -0.39 is 60.2 Å². The zero-order valence-corrected chi connectivity index (χ0v) is 20.3. The predicted octanol–water partition coefficient (Wildman–Crippen LogP) is 8.87. The first-order valence-corrected chi connectivity index (χ1v) is 12.2. The third-order valence-corrected chi connectivity index (χ3v) is 10.1. The molecule has 1 aromatic carbocycles. The van der Waals surface area contributed by atoms with Crippen molar-refractivity contribution in [3.8, 4) is 5.75 Å². The Balaban J connectivity index is 0.000000747. The SMILES string of the molecule is CN(C)c1cc[nH+]cc1.FC(F)(F)C(F)(F)[P-](F)(F)(Oc1ccccc1)(C(F)(F)C(F)(F)F)C(F)(F)C(F)(F)F. The van der Waals surface area contributed by atoms with Crippen LogP contribution in [0.1, 0.15) is 0 Å². The predicted molar refractivity (Wildman–Crippen MR) is 107 cm³/mol. The number of nitrogens with one attached hydrogen (secondary N) is 1. The first-order chi connectivity index (χ1) is 17.5. The molecule has 0 fully saturated rings. The maximum atomic E-state index is 15.2. The number of aromatic nitrogens is 1. The van der Waals surface area contributed by atoms with Gasteiger partial charge in [-0.05, 0) is 0 Å². The average molecular weight is 642 g/mol. The number of alkyl halides is 15. The van der Waals surface area contributed by atoms with Gasteiger partial charge in [0.15, 0.2) is 12.4 Å². The number of hydrogen-bond acceptors (Lipinski definition) is 2. The number of anilines is 1. The number of rotatable bonds is 6. The van der Waals surface area contributed by atoms with Gasteiger partial charge in [-0.1, -0.05) is 0 Å². The first kappa shape index (κ1) is 35.2. The Morgan fingerprint density at radius 3 is 1.15 bits per heavy atom. The number of pyridine rings is 1. The molecule has 0 bridgehead atoms. The summed E-state index contributed by atoms with van der Waals surface area (Å²) in [4.78, 5) is 5.02. The number of benzene rings is 1. The fraction of sp³-hybridized carbons (Fsp3) is 0.421. The molecule has 0 aliphatic rings. The summed E-state index contributed by atoms with van der Waals surface area (Å²) in [6.07, 6.45) is -21.7. The second-order valence-corrected chi connectivity index (χ2v) is 12.5. The molecule has 0 aliphatic carbocycles. The average Bonchev–Trinajstić information content (AvgIpc) is 2.78. The Morgan fingerprint density at radius 1 is 0.575 bits per heavy atom. The van der Waals surface area contributed by atoms with Gasteiger partial charge in [-0.2, -0.15) is 0 Å². The summed E-state index contributed by atoms with van der Waals surface area (Å²) in [5, 5.41) is 0. The molecule has 21 heteroatoms. The van der Waals surface area contributed by atoms with Crippen LogP contribution in [0.4, 0.5) is 79.9 Å². The van der Waals surface area contributed by atoms with Gasteiger partial charge in [-0.25, -0.2) is 4.98 Å². The van der Waals surface area contributed by atoms with E-state index in [9.17, 15) is 65.9 Å². The Morgan fingerprint density at radius 2 is 0.900 bits per heavy atom. The summed E-state index contributed by atoms with van der Waals surface area (Å²) in [6, 6.07) is 4.22. The summed E-state index contributed by atoms with van der Waals surface area (Å²) in [7, 11) is 4.05. The van der Waals surface area contributed by atoms with Gasteiger partial charge in [0.25, 0.3) is 0 Å². The normalized spacial score (nSPS) is 15.8. The Kier molecular flexibility index (Phi) is 8.50. The van der Waals surface area contributed by atoms with Crippen molar-refractivity contribution in [1.82, 2.24) is 0 Å². The van der Waals surface area contributed by atoms with Gasteiger partial charge in [0.2, 0.25) is 0 Å². The molecule has 0 saturated heterocycles. The molecule has 232 valence electrons. The number of nitrogens with zero attached hydrogens (tertiary/aromatic N) is 1. The van der Waals surface area contributed by atoms with Crippen LogP contribution in [0.25, 0.3) is 0 Å². The topological polar surface area (TPSA) is 26.6 Å². The van der Waals surface area contributed by atoms with Crippen molar-refractivity contribution < 1.29 is 83.8 Å². The Hall–Kier alpha value is -2.79. The molecule has 1 aromatic heterocycles. The van der Waals surface area contributed by atoms with Gasteiger partial charge in [-0.3, -0.25) is 0 Å². The zero-order valence-electron chi connectivity index (χ0n) is 19.4. The van der Waals surface area contributed by atoms with Crippen LogP contribution < -0.4 is 14.4 Å². The summed E-state index contributed by atoms with van der Waals surface area (Å²) in [5.74, 6) is -2.69. The van der Waals surface area contributed by atoms with Crippen molar-refractivity contribution in [3.63, 3.8) is 0 Å². The molecule has 0 amide bonds. The van der Waals surface area contributed by atoms with E-state index in [1.807, 2.05) is 38.6 Å². The van der Waals surface area contributed by atoms with Crippen LogP contribution in [0, 0.1) is 0 Å². The Bertz CT molecular complexity index is 1090. The zero-order chi connectivity index (χ0) is 31.9. The molecule has 1 heterocycles. The summed E-state index contributed by atoms with van der Waals surface area (Å²) >= 11 is 0. The molecule has 0 atom stereocenters. The fourth-order valence-electron chi connectivity index (χ4n) is 2.92. The summed E-state index contributed by atoms with van der Waals surface area (Å²) in [5.41, 5.74) is -27.0. The molecule has 0 spiro atoms. The van der Waals surface area contributed by atoms with Crippen molar-refractivity contribution in [1.29, 1.82) is 0 Å². The molecular weight excluding hydrogens is 626 g/mol. The van der Waals surface area contributed by atoms with Gasteiger partial charge in [0.1, 0.15) is 0 Å². The van der Waals surface area contributed by atoms with Crippen LogP contribution in [0.3, 0.4) is 0 Å².